The van der Waals surface area contributed by atoms with Crippen molar-refractivity contribution in [2.24, 2.45) is 0 Å². The van der Waals surface area contributed by atoms with Crippen LogP contribution >= 0.6 is 22.6 Å². The molecule has 1 N–H and O–H groups in total. The van der Waals surface area contributed by atoms with E-state index in [4.69, 9.17) is 4.74 Å². The van der Waals surface area contributed by atoms with Gasteiger partial charge < -0.3 is 15.0 Å². The van der Waals surface area contributed by atoms with E-state index in [1.807, 2.05) is 78.7 Å². The molecule has 34 heavy (non-hydrogen) atoms. The molecule has 0 heterocycles. The van der Waals surface area contributed by atoms with Gasteiger partial charge in [0.25, 0.3) is 5.91 Å². The molecule has 5 nitrogen and oxygen atoms in total. The second kappa shape index (κ2) is 10.7. The van der Waals surface area contributed by atoms with E-state index in [0.29, 0.717) is 5.56 Å². The molecule has 0 fully saturated rings. The first-order valence-electron chi connectivity index (χ1n) is 10.9. The molecule has 1 atom stereocenters. The van der Waals surface area contributed by atoms with Gasteiger partial charge in [-0.25, -0.2) is 0 Å². The van der Waals surface area contributed by atoms with Crippen LogP contribution in [0, 0.1) is 3.57 Å². The number of methoxy groups -OCH3 is 1. The maximum absolute atomic E-state index is 13.5. The number of carbonyl (C=O) groups is 2. The maximum Gasteiger partial charge on any atom is 0.307 e. The third kappa shape index (κ3) is 5.39. The van der Waals surface area contributed by atoms with Gasteiger partial charge in [0, 0.05) is 16.3 Å². The number of benzene rings is 4. The van der Waals surface area contributed by atoms with E-state index < -0.39 is 6.04 Å². The van der Waals surface area contributed by atoms with Crippen LogP contribution in [-0.2, 0) is 9.53 Å². The molecule has 0 radical (unpaired) electrons. The molecular formula is C28H25IN2O3. The quantitative estimate of drug-likeness (QED) is 0.213. The molecule has 0 aromatic heterocycles. The van der Waals surface area contributed by atoms with Crippen molar-refractivity contribution >= 4 is 56.6 Å². The first-order chi connectivity index (χ1) is 16.5. The van der Waals surface area contributed by atoms with Crippen LogP contribution in [0.15, 0.2) is 91.0 Å². The van der Waals surface area contributed by atoms with Crippen LogP contribution in [0.2, 0.25) is 0 Å². The Balaban J connectivity index is 1.67. The largest absolute Gasteiger partial charge is 0.469 e. The van der Waals surface area contributed by atoms with Gasteiger partial charge >= 0.3 is 5.97 Å². The molecule has 6 heteroatoms. The third-order valence-electron chi connectivity index (χ3n) is 5.79. The lowest BCUT2D eigenvalue weighted by atomic mass is 10.0. The minimum atomic E-state index is -0.502. The van der Waals surface area contributed by atoms with Gasteiger partial charge in [0.1, 0.15) is 0 Å². The summed E-state index contributed by atoms with van der Waals surface area (Å²) in [7, 11) is 3.30. The number of carbonyl (C=O) groups excluding carboxylic acids is 2. The molecule has 0 saturated carbocycles. The number of nitrogens with one attached hydrogen (secondary N) is 1. The van der Waals surface area contributed by atoms with E-state index in [1.54, 1.807) is 0 Å². The molecule has 0 aliphatic rings. The fraction of sp³-hybridized carbons (Fsp3) is 0.143. The van der Waals surface area contributed by atoms with Crippen molar-refractivity contribution in [3.05, 3.63) is 106 Å². The summed E-state index contributed by atoms with van der Waals surface area (Å²) in [6.07, 6.45) is 0.0476. The highest BCUT2D eigenvalue weighted by Gasteiger charge is 2.22. The Morgan fingerprint density at radius 2 is 1.62 bits per heavy atom. The topological polar surface area (TPSA) is 58.6 Å². The second-order valence-corrected chi connectivity index (χ2v) is 9.21. The molecule has 4 aromatic rings. The van der Waals surface area contributed by atoms with Crippen molar-refractivity contribution in [3.63, 3.8) is 0 Å². The fourth-order valence-corrected chi connectivity index (χ4v) is 4.42. The van der Waals surface area contributed by atoms with Gasteiger partial charge in [0.05, 0.1) is 30.8 Å². The highest BCUT2D eigenvalue weighted by Crippen LogP contribution is 2.31. The zero-order valence-electron chi connectivity index (χ0n) is 19.0. The molecule has 1 amide bonds. The fourth-order valence-electron chi connectivity index (χ4n) is 3.93. The number of anilines is 2. The molecule has 4 rings (SSSR count). The monoisotopic (exact) mass is 564 g/mol. The number of hydrogen-bond acceptors (Lipinski definition) is 4. The summed E-state index contributed by atoms with van der Waals surface area (Å²) < 4.78 is 5.81. The van der Waals surface area contributed by atoms with Gasteiger partial charge in [0.2, 0.25) is 0 Å². The minimum Gasteiger partial charge on any atom is -0.469 e. The van der Waals surface area contributed by atoms with E-state index in [-0.39, 0.29) is 18.3 Å². The third-order valence-corrected chi connectivity index (χ3v) is 6.46. The zero-order chi connectivity index (χ0) is 24.1. The van der Waals surface area contributed by atoms with Crippen molar-refractivity contribution in [2.75, 3.05) is 19.1 Å². The second-order valence-electron chi connectivity index (χ2n) is 7.97. The summed E-state index contributed by atoms with van der Waals surface area (Å²) >= 11 is 2.20. The normalized spacial score (nSPS) is 11.6. The van der Waals surface area contributed by atoms with Gasteiger partial charge in [-0.05, 0) is 69.3 Å². The predicted octanol–water partition coefficient (Wildman–Crippen LogP) is 6.25. The van der Waals surface area contributed by atoms with Crippen molar-refractivity contribution < 1.29 is 14.3 Å². The number of ether oxygens (including phenoxy) is 1. The summed E-state index contributed by atoms with van der Waals surface area (Å²) in [4.78, 5) is 27.6. The molecule has 4 aromatic carbocycles. The summed E-state index contributed by atoms with van der Waals surface area (Å²) in [5, 5.41) is 5.34. The van der Waals surface area contributed by atoms with Crippen LogP contribution in [0.25, 0.3) is 10.8 Å². The van der Waals surface area contributed by atoms with Gasteiger partial charge in [-0.2, -0.15) is 0 Å². The van der Waals surface area contributed by atoms with E-state index >= 15 is 0 Å². The zero-order valence-corrected chi connectivity index (χ0v) is 21.2. The lowest BCUT2D eigenvalue weighted by molar-refractivity contribution is -0.141. The van der Waals surface area contributed by atoms with Crippen LogP contribution in [-0.4, -0.2) is 26.0 Å². The Bertz CT molecular complexity index is 1320. The average molecular weight is 564 g/mol. The predicted molar refractivity (Wildman–Crippen MR) is 144 cm³/mol. The standard InChI is InChI=1S/C28H25IN2O3/c1-31(23-14-12-19-8-6-7-11-21(19)16-23)26-15-13-22(29)17-24(26)28(33)30-25(18-27(32)34-2)20-9-4-3-5-10-20/h3-17,25H,18H2,1-2H3,(H,30,33). The van der Waals surface area contributed by atoms with Gasteiger partial charge in [-0.3, -0.25) is 9.59 Å². The lowest BCUT2D eigenvalue weighted by Crippen LogP contribution is -2.31. The number of esters is 1. The Morgan fingerprint density at radius 1 is 0.912 bits per heavy atom. The lowest BCUT2D eigenvalue weighted by Gasteiger charge is -2.24. The average Bonchev–Trinajstić information content (AvgIpc) is 2.87. The summed E-state index contributed by atoms with van der Waals surface area (Å²) in [6, 6.07) is 29.2. The molecule has 0 bridgehead atoms. The van der Waals surface area contributed by atoms with Crippen molar-refractivity contribution in [1.29, 1.82) is 0 Å². The molecule has 0 aliphatic carbocycles. The SMILES string of the molecule is COC(=O)CC(NC(=O)c1cc(I)ccc1N(C)c1ccc2ccccc2c1)c1ccccc1. The molecule has 1 unspecified atom stereocenters. The highest BCUT2D eigenvalue weighted by atomic mass is 127. The summed E-state index contributed by atoms with van der Waals surface area (Å²) in [6.45, 7) is 0. The molecule has 0 spiro atoms. The van der Waals surface area contributed by atoms with E-state index in [1.165, 1.54) is 7.11 Å². The van der Waals surface area contributed by atoms with E-state index in [0.717, 1.165) is 31.3 Å². The number of hydrogen-bond donors (Lipinski definition) is 1. The maximum atomic E-state index is 13.5. The first kappa shape index (κ1) is 23.8. The first-order valence-corrected chi connectivity index (χ1v) is 12.0. The van der Waals surface area contributed by atoms with E-state index in [2.05, 4.69) is 52.2 Å². The van der Waals surface area contributed by atoms with Gasteiger partial charge in [-0.1, -0.05) is 60.7 Å². The van der Waals surface area contributed by atoms with Crippen molar-refractivity contribution in [2.45, 2.75) is 12.5 Å². The Morgan fingerprint density at radius 3 is 2.35 bits per heavy atom. The number of fused-ring (bicyclic) bond motifs is 1. The molecular weight excluding hydrogens is 539 g/mol. The Labute approximate surface area is 212 Å². The van der Waals surface area contributed by atoms with Crippen molar-refractivity contribution in [3.8, 4) is 0 Å². The molecule has 0 aliphatic heterocycles. The Kier molecular flexibility index (Phi) is 7.47. The molecule has 0 saturated heterocycles. The van der Waals surface area contributed by atoms with Crippen LogP contribution in [0.4, 0.5) is 11.4 Å². The van der Waals surface area contributed by atoms with Crippen LogP contribution in [0.3, 0.4) is 0 Å². The number of nitrogens with zero attached hydrogens (tertiary/aromatic N) is 1. The van der Waals surface area contributed by atoms with Crippen LogP contribution in [0.1, 0.15) is 28.4 Å². The van der Waals surface area contributed by atoms with Gasteiger partial charge in [-0.15, -0.1) is 0 Å². The minimum absolute atomic E-state index is 0.0476. The Hall–Kier alpha value is -3.39. The summed E-state index contributed by atoms with van der Waals surface area (Å²) in [5.41, 5.74) is 3.13. The smallest absolute Gasteiger partial charge is 0.307 e. The number of halogens is 1. The van der Waals surface area contributed by atoms with E-state index in [9.17, 15) is 9.59 Å². The number of rotatable bonds is 7. The van der Waals surface area contributed by atoms with Crippen LogP contribution < -0.4 is 10.2 Å². The summed E-state index contributed by atoms with van der Waals surface area (Å²) in [5.74, 6) is -0.635. The van der Waals surface area contributed by atoms with Crippen LogP contribution in [0.5, 0.6) is 0 Å². The highest BCUT2D eigenvalue weighted by molar-refractivity contribution is 14.1. The van der Waals surface area contributed by atoms with Gasteiger partial charge in [0.15, 0.2) is 0 Å². The number of amides is 1. The van der Waals surface area contributed by atoms with Crippen molar-refractivity contribution in [1.82, 2.24) is 5.32 Å². The molecule has 172 valence electrons.